The van der Waals surface area contributed by atoms with Crippen molar-refractivity contribution in [3.8, 4) is 5.75 Å². The van der Waals surface area contributed by atoms with Crippen LogP contribution in [0.3, 0.4) is 0 Å². The first-order valence-corrected chi connectivity index (χ1v) is 6.10. The van der Waals surface area contributed by atoms with Crippen LogP contribution in [0.1, 0.15) is 21.6 Å². The minimum Gasteiger partial charge on any atom is -0.494 e. The normalized spacial score (nSPS) is 10.3. The van der Waals surface area contributed by atoms with Crippen LogP contribution >= 0.6 is 0 Å². The van der Waals surface area contributed by atoms with Crippen LogP contribution in [0.25, 0.3) is 0 Å². The molecule has 0 spiro atoms. The van der Waals surface area contributed by atoms with Crippen molar-refractivity contribution >= 4 is 5.91 Å². The molecule has 110 valence electrons. The van der Waals surface area contributed by atoms with Gasteiger partial charge in [0, 0.05) is 18.3 Å². The molecule has 1 aromatic carbocycles. The molecule has 0 aliphatic heterocycles. The van der Waals surface area contributed by atoms with Crippen molar-refractivity contribution < 1.29 is 18.3 Å². The van der Waals surface area contributed by atoms with E-state index in [0.717, 1.165) is 0 Å². The van der Waals surface area contributed by atoms with Crippen molar-refractivity contribution in [2.75, 3.05) is 7.11 Å². The average Bonchev–Trinajstić information content (AvgIpc) is 2.49. The first kappa shape index (κ1) is 14.8. The zero-order chi connectivity index (χ0) is 15.4. The van der Waals surface area contributed by atoms with E-state index in [1.54, 1.807) is 6.92 Å². The Balaban J connectivity index is 2.12. The first-order chi connectivity index (χ1) is 10.0. The van der Waals surface area contributed by atoms with Crippen LogP contribution in [0, 0.1) is 18.6 Å². The van der Waals surface area contributed by atoms with E-state index in [-0.39, 0.29) is 23.4 Å². The molecule has 1 aromatic heterocycles. The van der Waals surface area contributed by atoms with Gasteiger partial charge in [-0.1, -0.05) is 6.07 Å². The van der Waals surface area contributed by atoms with E-state index in [9.17, 15) is 13.6 Å². The molecule has 0 atom stereocenters. The highest BCUT2D eigenvalue weighted by Gasteiger charge is 2.15. The number of ether oxygens (including phenoxy) is 1. The van der Waals surface area contributed by atoms with Crippen molar-refractivity contribution in [2.45, 2.75) is 13.5 Å². The fourth-order valence-corrected chi connectivity index (χ4v) is 1.75. The van der Waals surface area contributed by atoms with Crippen molar-refractivity contribution in [1.29, 1.82) is 0 Å². The van der Waals surface area contributed by atoms with Gasteiger partial charge in [-0.15, -0.1) is 0 Å². The number of aromatic nitrogens is 2. The molecule has 0 radical (unpaired) electrons. The second-order valence-corrected chi connectivity index (χ2v) is 4.26. The number of aryl methyl sites for hydroxylation is 1. The van der Waals surface area contributed by atoms with Crippen LogP contribution < -0.4 is 10.1 Å². The van der Waals surface area contributed by atoms with Gasteiger partial charge in [0.15, 0.2) is 11.6 Å². The molecule has 0 aliphatic carbocycles. The Kier molecular flexibility index (Phi) is 4.42. The summed E-state index contributed by atoms with van der Waals surface area (Å²) in [5.74, 6) is -2.77. The third-order valence-corrected chi connectivity index (χ3v) is 2.94. The summed E-state index contributed by atoms with van der Waals surface area (Å²) >= 11 is 0. The number of methoxy groups -OCH3 is 1. The zero-order valence-electron chi connectivity index (χ0n) is 11.5. The molecule has 0 saturated heterocycles. The predicted molar refractivity (Wildman–Crippen MR) is 70.8 cm³/mol. The summed E-state index contributed by atoms with van der Waals surface area (Å²) < 4.78 is 32.0. The number of halogens is 2. The van der Waals surface area contributed by atoms with Gasteiger partial charge in [0.2, 0.25) is 5.82 Å². The summed E-state index contributed by atoms with van der Waals surface area (Å²) in [4.78, 5) is 19.6. The number of amides is 1. The van der Waals surface area contributed by atoms with Crippen molar-refractivity contribution in [3.05, 3.63) is 53.1 Å². The van der Waals surface area contributed by atoms with Gasteiger partial charge >= 0.3 is 0 Å². The SMILES string of the molecule is COc1ccc(CNC(=O)c2cncnc2C)c(F)c1F. The maximum absolute atomic E-state index is 13.8. The predicted octanol–water partition coefficient (Wildman–Crippen LogP) is 2.00. The van der Waals surface area contributed by atoms with Gasteiger partial charge in [0.05, 0.1) is 18.4 Å². The maximum atomic E-state index is 13.8. The number of nitrogens with zero attached hydrogens (tertiary/aromatic N) is 2. The Labute approximate surface area is 120 Å². The summed E-state index contributed by atoms with van der Waals surface area (Å²) in [6.07, 6.45) is 2.69. The zero-order valence-corrected chi connectivity index (χ0v) is 11.5. The van der Waals surface area contributed by atoms with Crippen LogP contribution in [0.15, 0.2) is 24.7 Å². The Morgan fingerprint density at radius 2 is 2.10 bits per heavy atom. The standard InChI is InChI=1S/C14H13F2N3O2/c1-8-10(6-17-7-19-8)14(20)18-5-9-3-4-11(21-2)13(16)12(9)15/h3-4,6-7H,5H2,1-2H3,(H,18,20). The molecule has 1 N–H and O–H groups in total. The Hall–Kier alpha value is -2.57. The quantitative estimate of drug-likeness (QED) is 0.936. The lowest BCUT2D eigenvalue weighted by Gasteiger charge is -2.09. The lowest BCUT2D eigenvalue weighted by atomic mass is 10.1. The number of carbonyl (C=O) groups is 1. The number of carbonyl (C=O) groups excluding carboxylic acids is 1. The summed E-state index contributed by atoms with van der Waals surface area (Å²) in [7, 11) is 1.25. The summed E-state index contributed by atoms with van der Waals surface area (Å²) in [6.45, 7) is 1.50. The Bertz CT molecular complexity index is 677. The molecular weight excluding hydrogens is 280 g/mol. The van der Waals surface area contributed by atoms with E-state index in [2.05, 4.69) is 20.0 Å². The molecule has 5 nitrogen and oxygen atoms in total. The lowest BCUT2D eigenvalue weighted by molar-refractivity contribution is 0.0949. The number of nitrogens with one attached hydrogen (secondary N) is 1. The molecule has 2 aromatic rings. The molecular formula is C14H13F2N3O2. The van der Waals surface area contributed by atoms with E-state index < -0.39 is 17.5 Å². The van der Waals surface area contributed by atoms with Crippen molar-refractivity contribution in [2.24, 2.45) is 0 Å². The second-order valence-electron chi connectivity index (χ2n) is 4.26. The molecule has 7 heteroatoms. The third-order valence-electron chi connectivity index (χ3n) is 2.94. The highest BCUT2D eigenvalue weighted by atomic mass is 19.2. The minimum atomic E-state index is -1.08. The van der Waals surface area contributed by atoms with Crippen molar-refractivity contribution in [1.82, 2.24) is 15.3 Å². The molecule has 2 rings (SSSR count). The van der Waals surface area contributed by atoms with E-state index in [1.807, 2.05) is 0 Å². The highest BCUT2D eigenvalue weighted by Crippen LogP contribution is 2.22. The fourth-order valence-electron chi connectivity index (χ4n) is 1.75. The maximum Gasteiger partial charge on any atom is 0.254 e. The van der Waals surface area contributed by atoms with E-state index in [1.165, 1.54) is 31.8 Å². The van der Waals surface area contributed by atoms with E-state index in [4.69, 9.17) is 0 Å². The first-order valence-electron chi connectivity index (χ1n) is 6.10. The van der Waals surface area contributed by atoms with E-state index >= 15 is 0 Å². The number of hydrogen-bond donors (Lipinski definition) is 1. The van der Waals surface area contributed by atoms with Gasteiger partial charge in [-0.05, 0) is 13.0 Å². The molecule has 0 fully saturated rings. The Morgan fingerprint density at radius 1 is 1.33 bits per heavy atom. The van der Waals surface area contributed by atoms with Gasteiger partial charge in [0.25, 0.3) is 5.91 Å². The molecule has 1 heterocycles. The minimum absolute atomic E-state index is 0.0242. The highest BCUT2D eigenvalue weighted by molar-refractivity contribution is 5.94. The summed E-state index contributed by atoms with van der Waals surface area (Å²) in [5.41, 5.74) is 0.812. The van der Waals surface area contributed by atoms with Gasteiger partial charge in [-0.2, -0.15) is 4.39 Å². The number of benzene rings is 1. The monoisotopic (exact) mass is 293 g/mol. The fraction of sp³-hybridized carbons (Fsp3) is 0.214. The van der Waals surface area contributed by atoms with Crippen LogP contribution in [-0.2, 0) is 6.54 Å². The average molecular weight is 293 g/mol. The molecule has 21 heavy (non-hydrogen) atoms. The van der Waals surface area contributed by atoms with Crippen LogP contribution in [-0.4, -0.2) is 23.0 Å². The van der Waals surface area contributed by atoms with Crippen LogP contribution in [0.5, 0.6) is 5.75 Å². The summed E-state index contributed by atoms with van der Waals surface area (Å²) in [6, 6.07) is 2.66. The topological polar surface area (TPSA) is 64.1 Å². The Morgan fingerprint density at radius 3 is 2.76 bits per heavy atom. The molecule has 0 bridgehead atoms. The molecule has 0 unspecified atom stereocenters. The lowest BCUT2D eigenvalue weighted by Crippen LogP contribution is -2.24. The van der Waals surface area contributed by atoms with Gasteiger partial charge in [-0.3, -0.25) is 4.79 Å². The third kappa shape index (κ3) is 3.13. The van der Waals surface area contributed by atoms with Gasteiger partial charge in [0.1, 0.15) is 6.33 Å². The number of rotatable bonds is 4. The van der Waals surface area contributed by atoms with Crippen molar-refractivity contribution in [3.63, 3.8) is 0 Å². The molecule has 0 saturated carbocycles. The van der Waals surface area contributed by atoms with Gasteiger partial charge < -0.3 is 10.1 Å². The van der Waals surface area contributed by atoms with Gasteiger partial charge in [-0.25, -0.2) is 14.4 Å². The largest absolute Gasteiger partial charge is 0.494 e. The van der Waals surface area contributed by atoms with Crippen LogP contribution in [0.2, 0.25) is 0 Å². The molecule has 1 amide bonds. The molecule has 0 aliphatic rings. The van der Waals surface area contributed by atoms with E-state index in [0.29, 0.717) is 5.69 Å². The van der Waals surface area contributed by atoms with Crippen LogP contribution in [0.4, 0.5) is 8.78 Å². The summed E-state index contributed by atoms with van der Waals surface area (Å²) in [5, 5.41) is 2.50. The number of hydrogen-bond acceptors (Lipinski definition) is 4. The second kappa shape index (κ2) is 6.25. The smallest absolute Gasteiger partial charge is 0.254 e.